The summed E-state index contributed by atoms with van der Waals surface area (Å²) < 4.78 is 4.87. The molecule has 0 atom stereocenters. The van der Waals surface area contributed by atoms with Crippen molar-refractivity contribution in [1.29, 1.82) is 0 Å². The number of amides is 1. The summed E-state index contributed by atoms with van der Waals surface area (Å²) in [6, 6.07) is 0.0205. The highest BCUT2D eigenvalue weighted by Crippen LogP contribution is 2.03. The van der Waals surface area contributed by atoms with Crippen LogP contribution in [0.1, 0.15) is 27.2 Å². The van der Waals surface area contributed by atoms with E-state index in [2.05, 4.69) is 0 Å². The Morgan fingerprint density at radius 3 is 2.40 bits per heavy atom. The molecule has 0 radical (unpaired) electrons. The fraction of sp³-hybridized carbons (Fsp3) is 0.800. The van der Waals surface area contributed by atoms with Crippen LogP contribution in [0.3, 0.4) is 0 Å². The van der Waals surface area contributed by atoms with Gasteiger partial charge in [0.05, 0.1) is 12.5 Å². The second-order valence-corrected chi connectivity index (χ2v) is 3.68. The number of nitrogens with zero attached hydrogens (tertiary/aromatic N) is 1. The van der Waals surface area contributed by atoms with Crippen molar-refractivity contribution in [3.8, 4) is 0 Å². The minimum absolute atomic E-state index is 0.00520. The van der Waals surface area contributed by atoms with E-state index in [0.29, 0.717) is 13.2 Å². The molecule has 15 heavy (non-hydrogen) atoms. The van der Waals surface area contributed by atoms with Gasteiger partial charge in [-0.05, 0) is 20.8 Å². The van der Waals surface area contributed by atoms with Gasteiger partial charge in [0.1, 0.15) is 5.78 Å². The molecule has 0 fully saturated rings. The van der Waals surface area contributed by atoms with Crippen molar-refractivity contribution in [1.82, 2.24) is 4.90 Å². The number of rotatable bonds is 6. The van der Waals surface area contributed by atoms with Gasteiger partial charge >= 0.3 is 6.09 Å². The smallest absolute Gasteiger partial charge is 0.409 e. The van der Waals surface area contributed by atoms with Gasteiger partial charge in [-0.25, -0.2) is 4.79 Å². The highest BCUT2D eigenvalue weighted by molar-refractivity contribution is 6.27. The average molecular weight is 236 g/mol. The van der Waals surface area contributed by atoms with Crippen molar-refractivity contribution < 1.29 is 14.3 Å². The van der Waals surface area contributed by atoms with Crippen LogP contribution in [0.5, 0.6) is 0 Å². The number of ketones is 1. The molecular weight excluding hydrogens is 218 g/mol. The summed E-state index contributed by atoms with van der Waals surface area (Å²) in [6.07, 6.45) is -0.101. The number of carbonyl (C=O) groups excluding carboxylic acids is 2. The van der Waals surface area contributed by atoms with Gasteiger partial charge in [0.25, 0.3) is 0 Å². The lowest BCUT2D eigenvalue weighted by molar-refractivity contribution is -0.117. The van der Waals surface area contributed by atoms with Crippen molar-refractivity contribution >= 4 is 23.5 Å². The van der Waals surface area contributed by atoms with Crippen LogP contribution in [0.2, 0.25) is 0 Å². The van der Waals surface area contributed by atoms with Gasteiger partial charge in [0.15, 0.2) is 0 Å². The Bertz CT molecular complexity index is 219. The second-order valence-electron chi connectivity index (χ2n) is 3.41. The first kappa shape index (κ1) is 14.2. The fourth-order valence-corrected chi connectivity index (χ4v) is 1.21. The maximum Gasteiger partial charge on any atom is 0.409 e. The van der Waals surface area contributed by atoms with E-state index < -0.39 is 0 Å². The van der Waals surface area contributed by atoms with Gasteiger partial charge in [-0.3, -0.25) is 4.79 Å². The molecule has 0 aliphatic carbocycles. The summed E-state index contributed by atoms with van der Waals surface area (Å²) in [6.45, 7) is 6.21. The van der Waals surface area contributed by atoms with Crippen LogP contribution in [0.4, 0.5) is 4.79 Å². The van der Waals surface area contributed by atoms with Crippen molar-refractivity contribution in [3.63, 3.8) is 0 Å². The lowest BCUT2D eigenvalue weighted by Crippen LogP contribution is -2.39. The van der Waals surface area contributed by atoms with E-state index in [0.717, 1.165) is 0 Å². The van der Waals surface area contributed by atoms with Gasteiger partial charge in [0, 0.05) is 19.0 Å². The normalized spacial score (nSPS) is 10.2. The van der Waals surface area contributed by atoms with Crippen LogP contribution in [0.15, 0.2) is 0 Å². The molecule has 0 saturated carbocycles. The molecule has 0 aromatic rings. The third-order valence-corrected chi connectivity index (χ3v) is 2.20. The zero-order valence-corrected chi connectivity index (χ0v) is 10.2. The molecule has 0 bridgehead atoms. The monoisotopic (exact) mass is 235 g/mol. The number of carbonyl (C=O) groups is 2. The Labute approximate surface area is 95.5 Å². The largest absolute Gasteiger partial charge is 0.450 e. The molecule has 1 amide bonds. The number of Topliss-reactive ketones (excluding diaryl/α,β-unsaturated/α-hetero) is 1. The third kappa shape index (κ3) is 5.62. The number of alkyl halides is 1. The second kappa shape index (κ2) is 7.51. The van der Waals surface area contributed by atoms with Crippen molar-refractivity contribution in [2.75, 3.05) is 19.0 Å². The molecular formula is C10H18ClNO3. The summed E-state index contributed by atoms with van der Waals surface area (Å²) in [5, 5.41) is 0. The number of ether oxygens (including phenoxy) is 1. The summed E-state index contributed by atoms with van der Waals surface area (Å²) in [5.41, 5.74) is 0. The molecule has 0 aromatic heterocycles. The number of hydrogen-bond donors (Lipinski definition) is 0. The molecule has 0 unspecified atom stereocenters. The summed E-state index contributed by atoms with van der Waals surface area (Å²) in [5.74, 6) is -0.0685. The summed E-state index contributed by atoms with van der Waals surface area (Å²) in [7, 11) is 0. The van der Waals surface area contributed by atoms with Gasteiger partial charge in [-0.2, -0.15) is 0 Å². The Morgan fingerprint density at radius 1 is 1.40 bits per heavy atom. The van der Waals surface area contributed by atoms with Gasteiger partial charge in [0.2, 0.25) is 0 Å². The van der Waals surface area contributed by atoms with E-state index in [-0.39, 0.29) is 30.2 Å². The van der Waals surface area contributed by atoms with E-state index in [9.17, 15) is 9.59 Å². The van der Waals surface area contributed by atoms with E-state index in [1.54, 1.807) is 6.92 Å². The lowest BCUT2D eigenvalue weighted by Gasteiger charge is -2.25. The standard InChI is InChI=1S/C10H18ClNO3/c1-4-15-10(14)12(8(2)3)6-5-9(13)7-11/h8H,4-7H2,1-3H3. The zero-order valence-electron chi connectivity index (χ0n) is 9.46. The SMILES string of the molecule is CCOC(=O)N(CCC(=O)CCl)C(C)C. The maximum absolute atomic E-state index is 11.4. The molecule has 0 spiro atoms. The molecule has 0 N–H and O–H groups in total. The molecule has 4 nitrogen and oxygen atoms in total. The first-order valence-electron chi connectivity index (χ1n) is 5.04. The molecule has 88 valence electrons. The molecule has 5 heteroatoms. The molecule has 0 aliphatic heterocycles. The van der Waals surface area contributed by atoms with Crippen LogP contribution >= 0.6 is 11.6 Å². The number of hydrogen-bond acceptors (Lipinski definition) is 3. The third-order valence-electron chi connectivity index (χ3n) is 1.91. The van der Waals surface area contributed by atoms with E-state index in [4.69, 9.17) is 16.3 Å². The minimum atomic E-state index is -0.380. The molecule has 0 saturated heterocycles. The maximum atomic E-state index is 11.4. The van der Waals surface area contributed by atoms with Crippen LogP contribution < -0.4 is 0 Å². The van der Waals surface area contributed by atoms with Crippen molar-refractivity contribution in [3.05, 3.63) is 0 Å². The van der Waals surface area contributed by atoms with E-state index in [1.165, 1.54) is 4.90 Å². The Kier molecular flexibility index (Phi) is 7.13. The van der Waals surface area contributed by atoms with Crippen LogP contribution in [-0.2, 0) is 9.53 Å². The highest BCUT2D eigenvalue weighted by Gasteiger charge is 2.18. The highest BCUT2D eigenvalue weighted by atomic mass is 35.5. The zero-order chi connectivity index (χ0) is 11.8. The Morgan fingerprint density at radius 2 is 2.00 bits per heavy atom. The topological polar surface area (TPSA) is 46.6 Å². The number of halogens is 1. The van der Waals surface area contributed by atoms with Crippen LogP contribution in [0.25, 0.3) is 0 Å². The van der Waals surface area contributed by atoms with Gasteiger partial charge in [-0.1, -0.05) is 0 Å². The summed E-state index contributed by atoms with van der Waals surface area (Å²) >= 11 is 5.37. The van der Waals surface area contributed by atoms with Gasteiger partial charge < -0.3 is 9.64 Å². The predicted octanol–water partition coefficient (Wildman–Crippen LogP) is 2.05. The van der Waals surface area contributed by atoms with Crippen LogP contribution in [0, 0.1) is 0 Å². The van der Waals surface area contributed by atoms with Crippen molar-refractivity contribution in [2.24, 2.45) is 0 Å². The average Bonchev–Trinajstić information content (AvgIpc) is 2.17. The lowest BCUT2D eigenvalue weighted by atomic mass is 10.2. The molecule has 0 heterocycles. The summed E-state index contributed by atoms with van der Waals surface area (Å²) in [4.78, 5) is 24.0. The Balaban J connectivity index is 4.16. The van der Waals surface area contributed by atoms with E-state index in [1.807, 2.05) is 13.8 Å². The quantitative estimate of drug-likeness (QED) is 0.662. The molecule has 0 rings (SSSR count). The Hall–Kier alpha value is -0.770. The molecule has 0 aliphatic rings. The van der Waals surface area contributed by atoms with E-state index >= 15 is 0 Å². The first-order valence-corrected chi connectivity index (χ1v) is 5.57. The predicted molar refractivity (Wildman–Crippen MR) is 59.2 cm³/mol. The minimum Gasteiger partial charge on any atom is -0.450 e. The van der Waals surface area contributed by atoms with Crippen molar-refractivity contribution in [2.45, 2.75) is 33.2 Å². The van der Waals surface area contributed by atoms with Gasteiger partial charge in [-0.15, -0.1) is 11.6 Å². The first-order chi connectivity index (χ1) is 7.02. The van der Waals surface area contributed by atoms with Crippen LogP contribution in [-0.4, -0.2) is 41.8 Å². The molecule has 0 aromatic carbocycles. The fourth-order valence-electron chi connectivity index (χ4n) is 1.08.